The first-order valence-corrected chi connectivity index (χ1v) is 5.49. The van der Waals surface area contributed by atoms with Crippen molar-refractivity contribution < 1.29 is 0 Å². The Morgan fingerprint density at radius 1 is 1.31 bits per heavy atom. The number of hydrogen-bond acceptors (Lipinski definition) is 0. The van der Waals surface area contributed by atoms with Crippen molar-refractivity contribution in [2.24, 2.45) is 11.8 Å². The normalized spacial score (nSPS) is 14.7. The largest absolute Gasteiger partial charge is 0.102 e. The van der Waals surface area contributed by atoms with E-state index in [1.807, 2.05) is 0 Å². The summed E-state index contributed by atoms with van der Waals surface area (Å²) in [5.41, 5.74) is 1.57. The average molecular weight is 180 g/mol. The van der Waals surface area contributed by atoms with E-state index in [1.165, 1.54) is 19.3 Å². The van der Waals surface area contributed by atoms with Crippen LogP contribution in [-0.4, -0.2) is 0 Å². The Bertz CT molecular complexity index is 163. The quantitative estimate of drug-likeness (QED) is 0.525. The molecule has 0 fully saturated rings. The fourth-order valence-electron chi connectivity index (χ4n) is 1.66. The van der Waals surface area contributed by atoms with Crippen molar-refractivity contribution in [2.45, 2.75) is 47.0 Å². The van der Waals surface area contributed by atoms with E-state index in [2.05, 4.69) is 46.4 Å². The lowest BCUT2D eigenvalue weighted by Gasteiger charge is -2.18. The molecule has 0 heteroatoms. The minimum atomic E-state index is 0.589. The number of allylic oxidation sites excluding steroid dienone is 3. The molecule has 1 atom stereocenters. The Kier molecular flexibility index (Phi) is 6.66. The van der Waals surface area contributed by atoms with Crippen LogP contribution in [0.25, 0.3) is 0 Å². The zero-order chi connectivity index (χ0) is 10.3. The summed E-state index contributed by atoms with van der Waals surface area (Å²) in [6.45, 7) is 12.9. The van der Waals surface area contributed by atoms with Crippen LogP contribution in [0.5, 0.6) is 0 Å². The molecule has 13 heavy (non-hydrogen) atoms. The standard InChI is InChI=1S/C13H24/c1-6-9-10-13(11(4)5)12(7-2)8-3/h7,10-12H,2,6,8-9H2,1,3-5H3. The lowest BCUT2D eigenvalue weighted by molar-refractivity contribution is 0.607. The summed E-state index contributed by atoms with van der Waals surface area (Å²) in [6, 6.07) is 0. The van der Waals surface area contributed by atoms with Gasteiger partial charge in [0.15, 0.2) is 0 Å². The Morgan fingerprint density at radius 3 is 2.23 bits per heavy atom. The molecule has 0 aliphatic heterocycles. The number of hydrogen-bond donors (Lipinski definition) is 0. The molecule has 0 aromatic heterocycles. The van der Waals surface area contributed by atoms with Gasteiger partial charge in [0.25, 0.3) is 0 Å². The van der Waals surface area contributed by atoms with Gasteiger partial charge in [0, 0.05) is 0 Å². The van der Waals surface area contributed by atoms with E-state index >= 15 is 0 Å². The van der Waals surface area contributed by atoms with Gasteiger partial charge >= 0.3 is 0 Å². The molecule has 0 amide bonds. The highest BCUT2D eigenvalue weighted by atomic mass is 14.2. The molecule has 0 saturated heterocycles. The van der Waals surface area contributed by atoms with Crippen LogP contribution in [0.3, 0.4) is 0 Å². The van der Waals surface area contributed by atoms with Crippen LogP contribution in [0.1, 0.15) is 47.0 Å². The topological polar surface area (TPSA) is 0 Å². The van der Waals surface area contributed by atoms with Gasteiger partial charge in [0.05, 0.1) is 0 Å². The first-order chi connectivity index (χ1) is 6.17. The van der Waals surface area contributed by atoms with Gasteiger partial charge in [-0.3, -0.25) is 0 Å². The number of rotatable bonds is 6. The summed E-state index contributed by atoms with van der Waals surface area (Å²) >= 11 is 0. The Balaban J connectivity index is 4.47. The Morgan fingerprint density at radius 2 is 1.92 bits per heavy atom. The molecular weight excluding hydrogens is 156 g/mol. The maximum atomic E-state index is 3.90. The van der Waals surface area contributed by atoms with Gasteiger partial charge in [-0.05, 0) is 24.7 Å². The van der Waals surface area contributed by atoms with Crippen LogP contribution in [-0.2, 0) is 0 Å². The van der Waals surface area contributed by atoms with E-state index in [1.54, 1.807) is 5.57 Å². The lowest BCUT2D eigenvalue weighted by Crippen LogP contribution is -2.05. The molecule has 0 radical (unpaired) electrons. The predicted octanol–water partition coefficient (Wildman–Crippen LogP) is 4.58. The van der Waals surface area contributed by atoms with Gasteiger partial charge in [-0.2, -0.15) is 0 Å². The second kappa shape index (κ2) is 6.94. The van der Waals surface area contributed by atoms with Gasteiger partial charge in [0.1, 0.15) is 0 Å². The predicted molar refractivity (Wildman–Crippen MR) is 61.8 cm³/mol. The summed E-state index contributed by atoms with van der Waals surface area (Å²) in [5, 5.41) is 0. The Hall–Kier alpha value is -0.520. The molecule has 0 N–H and O–H groups in total. The van der Waals surface area contributed by atoms with Crippen molar-refractivity contribution >= 4 is 0 Å². The number of unbranched alkanes of at least 4 members (excludes halogenated alkanes) is 1. The zero-order valence-corrected chi connectivity index (χ0v) is 9.64. The van der Waals surface area contributed by atoms with Crippen LogP contribution in [0.15, 0.2) is 24.3 Å². The van der Waals surface area contributed by atoms with Crippen molar-refractivity contribution in [1.82, 2.24) is 0 Å². The summed E-state index contributed by atoms with van der Waals surface area (Å²) < 4.78 is 0. The van der Waals surface area contributed by atoms with Crippen LogP contribution in [0.4, 0.5) is 0 Å². The van der Waals surface area contributed by atoms with Gasteiger partial charge in [0.2, 0.25) is 0 Å². The van der Waals surface area contributed by atoms with Crippen molar-refractivity contribution in [3.05, 3.63) is 24.3 Å². The first kappa shape index (κ1) is 12.5. The third-order valence-electron chi connectivity index (χ3n) is 2.49. The second-order valence-electron chi connectivity index (χ2n) is 3.90. The first-order valence-electron chi connectivity index (χ1n) is 5.49. The summed E-state index contributed by atoms with van der Waals surface area (Å²) in [5.74, 6) is 1.25. The van der Waals surface area contributed by atoms with E-state index in [0.717, 1.165) is 0 Å². The van der Waals surface area contributed by atoms with Gasteiger partial charge < -0.3 is 0 Å². The van der Waals surface area contributed by atoms with E-state index in [9.17, 15) is 0 Å². The van der Waals surface area contributed by atoms with Crippen LogP contribution >= 0.6 is 0 Å². The van der Waals surface area contributed by atoms with E-state index in [4.69, 9.17) is 0 Å². The molecule has 76 valence electrons. The molecule has 0 aliphatic carbocycles. The molecule has 1 unspecified atom stereocenters. The minimum absolute atomic E-state index is 0.589. The van der Waals surface area contributed by atoms with Gasteiger partial charge in [-0.15, -0.1) is 6.58 Å². The second-order valence-corrected chi connectivity index (χ2v) is 3.90. The molecule has 0 saturated carbocycles. The fourth-order valence-corrected chi connectivity index (χ4v) is 1.66. The van der Waals surface area contributed by atoms with E-state index in [-0.39, 0.29) is 0 Å². The van der Waals surface area contributed by atoms with Crippen LogP contribution in [0.2, 0.25) is 0 Å². The molecule has 0 aliphatic rings. The third kappa shape index (κ3) is 4.31. The summed E-state index contributed by atoms with van der Waals surface area (Å²) in [7, 11) is 0. The van der Waals surface area contributed by atoms with Gasteiger partial charge in [-0.1, -0.05) is 51.8 Å². The van der Waals surface area contributed by atoms with Crippen LogP contribution in [0, 0.1) is 11.8 Å². The summed E-state index contributed by atoms with van der Waals surface area (Å²) in [6.07, 6.45) is 8.11. The third-order valence-corrected chi connectivity index (χ3v) is 2.49. The molecule has 0 spiro atoms. The maximum Gasteiger partial charge on any atom is -0.00260 e. The molecule has 0 aromatic carbocycles. The molecule has 0 aromatic rings. The average Bonchev–Trinajstić information content (AvgIpc) is 2.11. The van der Waals surface area contributed by atoms with Crippen molar-refractivity contribution in [3.63, 3.8) is 0 Å². The van der Waals surface area contributed by atoms with Crippen molar-refractivity contribution in [1.29, 1.82) is 0 Å². The Labute approximate surface area is 83.7 Å². The molecule has 0 bridgehead atoms. The van der Waals surface area contributed by atoms with E-state index < -0.39 is 0 Å². The highest BCUT2D eigenvalue weighted by molar-refractivity contribution is 5.14. The minimum Gasteiger partial charge on any atom is -0.102 e. The smallest absolute Gasteiger partial charge is 0.00260 e. The highest BCUT2D eigenvalue weighted by Crippen LogP contribution is 2.24. The highest BCUT2D eigenvalue weighted by Gasteiger charge is 2.11. The molecule has 0 rings (SSSR count). The molecular formula is C13H24. The zero-order valence-electron chi connectivity index (χ0n) is 9.64. The van der Waals surface area contributed by atoms with Crippen molar-refractivity contribution in [3.8, 4) is 0 Å². The maximum absolute atomic E-state index is 3.90. The van der Waals surface area contributed by atoms with Crippen molar-refractivity contribution in [2.75, 3.05) is 0 Å². The fraction of sp³-hybridized carbons (Fsp3) is 0.692. The van der Waals surface area contributed by atoms with Crippen LogP contribution < -0.4 is 0 Å². The summed E-state index contributed by atoms with van der Waals surface area (Å²) in [4.78, 5) is 0. The van der Waals surface area contributed by atoms with Gasteiger partial charge in [-0.25, -0.2) is 0 Å². The molecule has 0 heterocycles. The molecule has 0 nitrogen and oxygen atoms in total. The lowest BCUT2D eigenvalue weighted by atomic mass is 9.87. The van der Waals surface area contributed by atoms with E-state index in [0.29, 0.717) is 11.8 Å². The SMILES string of the molecule is C=CC(CC)C(=CCCC)C(C)C. The monoisotopic (exact) mass is 180 g/mol.